The number of nitrogens with two attached hydrogens (primary N) is 2. The van der Waals surface area contributed by atoms with Gasteiger partial charge in [-0.1, -0.05) is 0 Å². The average Bonchev–Trinajstić information content (AvgIpc) is 2.70. The van der Waals surface area contributed by atoms with Gasteiger partial charge in [0.25, 0.3) is 0 Å². The predicted octanol–water partition coefficient (Wildman–Crippen LogP) is -4.95. The standard InChI is InChI=1S/C10H17N3O5.C8H15NO6/c1-5(14)4-6(11)10(18)13-7(9(12)17)2-3-8(15)16;1-3(11)9-5-7(13)6(12)4(2-10)15-8(5)14/h6-7H,2-4,11H2,1H3,(H2,12,17)(H,13,18)(H,15,16);4-8,10,12-14H,2H2,1H3,(H,9,11)/t;4-,5-,6-,7-,8?/m.1/s1. The highest BCUT2D eigenvalue weighted by atomic mass is 16.6. The second kappa shape index (κ2) is 14.5. The monoisotopic (exact) mass is 480 g/mol. The first kappa shape index (κ1) is 30.3. The van der Waals surface area contributed by atoms with Crippen LogP contribution in [0.15, 0.2) is 0 Å². The molecule has 11 N–H and O–H groups in total. The minimum Gasteiger partial charge on any atom is -0.481 e. The number of nitrogens with one attached hydrogen (secondary N) is 2. The fourth-order valence-corrected chi connectivity index (χ4v) is 2.72. The van der Waals surface area contributed by atoms with Gasteiger partial charge >= 0.3 is 5.97 Å². The van der Waals surface area contributed by atoms with E-state index in [1.807, 2.05) is 0 Å². The Kier molecular flexibility index (Phi) is 13.3. The number of carboxylic acids is 1. The van der Waals surface area contributed by atoms with Crippen LogP contribution in [-0.2, 0) is 28.7 Å². The summed E-state index contributed by atoms with van der Waals surface area (Å²) in [7, 11) is 0. The van der Waals surface area contributed by atoms with Gasteiger partial charge in [-0.25, -0.2) is 0 Å². The fraction of sp³-hybridized carbons (Fsp3) is 0.722. The molecule has 1 aliphatic rings. The van der Waals surface area contributed by atoms with Crippen LogP contribution in [0.4, 0.5) is 0 Å². The van der Waals surface area contributed by atoms with Crippen molar-refractivity contribution in [2.75, 3.05) is 6.61 Å². The minimum atomic E-state index is -1.45. The summed E-state index contributed by atoms with van der Waals surface area (Å²) >= 11 is 0. The van der Waals surface area contributed by atoms with Crippen LogP contribution in [0.25, 0.3) is 0 Å². The van der Waals surface area contributed by atoms with E-state index in [1.165, 1.54) is 13.8 Å². The minimum absolute atomic E-state index is 0.122. The molecule has 0 aliphatic carbocycles. The van der Waals surface area contributed by atoms with Crippen molar-refractivity contribution >= 4 is 29.5 Å². The molecule has 3 amide bonds. The first-order valence-corrected chi connectivity index (χ1v) is 9.85. The number of carbonyl (C=O) groups excluding carboxylic acids is 4. The molecule has 0 bridgehead atoms. The number of primary amides is 1. The van der Waals surface area contributed by atoms with Gasteiger partial charge in [-0.15, -0.1) is 0 Å². The molecule has 190 valence electrons. The third kappa shape index (κ3) is 11.1. The molecular formula is C18H32N4O11. The largest absolute Gasteiger partial charge is 0.481 e. The zero-order valence-electron chi connectivity index (χ0n) is 18.2. The predicted molar refractivity (Wildman–Crippen MR) is 109 cm³/mol. The van der Waals surface area contributed by atoms with Crippen molar-refractivity contribution in [2.45, 2.75) is 75.8 Å². The molecule has 1 rings (SSSR count). The molecule has 3 unspecified atom stereocenters. The lowest BCUT2D eigenvalue weighted by Crippen LogP contribution is -2.63. The van der Waals surface area contributed by atoms with Crippen molar-refractivity contribution in [3.63, 3.8) is 0 Å². The average molecular weight is 480 g/mol. The number of aliphatic hydroxyl groups excluding tert-OH is 4. The second-order valence-corrected chi connectivity index (χ2v) is 7.36. The van der Waals surface area contributed by atoms with Gasteiger partial charge in [-0.2, -0.15) is 0 Å². The highest BCUT2D eigenvalue weighted by molar-refractivity contribution is 5.92. The van der Waals surface area contributed by atoms with Crippen LogP contribution in [0.1, 0.15) is 33.1 Å². The first-order valence-electron chi connectivity index (χ1n) is 9.85. The highest BCUT2D eigenvalue weighted by Gasteiger charge is 2.43. The number of ether oxygens (including phenoxy) is 1. The Balaban J connectivity index is 0.000000629. The van der Waals surface area contributed by atoms with Gasteiger partial charge in [0.1, 0.15) is 36.2 Å². The lowest BCUT2D eigenvalue weighted by atomic mass is 9.97. The number of carboxylic acid groups (broad SMARTS) is 1. The summed E-state index contributed by atoms with van der Waals surface area (Å²) in [6, 6.07) is -3.28. The van der Waals surface area contributed by atoms with Gasteiger partial charge < -0.3 is 52.4 Å². The van der Waals surface area contributed by atoms with Crippen LogP contribution < -0.4 is 22.1 Å². The number of aliphatic hydroxyl groups is 4. The van der Waals surface area contributed by atoms with Crippen LogP contribution >= 0.6 is 0 Å². The Morgan fingerprint density at radius 2 is 1.64 bits per heavy atom. The Morgan fingerprint density at radius 1 is 1.06 bits per heavy atom. The number of hydrogen-bond acceptors (Lipinski definition) is 11. The summed E-state index contributed by atoms with van der Waals surface area (Å²) in [4.78, 5) is 54.4. The summed E-state index contributed by atoms with van der Waals surface area (Å²) in [5, 5.41) is 50.1. The Hall–Kier alpha value is -2.69. The molecule has 0 spiro atoms. The van der Waals surface area contributed by atoms with Gasteiger partial charge in [0.15, 0.2) is 6.29 Å². The number of aliphatic carboxylic acids is 1. The topological polar surface area (TPSA) is 272 Å². The molecule has 1 aliphatic heterocycles. The van der Waals surface area contributed by atoms with E-state index in [2.05, 4.69) is 10.6 Å². The van der Waals surface area contributed by atoms with Crippen LogP contribution in [0.5, 0.6) is 0 Å². The summed E-state index contributed by atoms with van der Waals surface area (Å²) < 4.78 is 4.81. The summed E-state index contributed by atoms with van der Waals surface area (Å²) in [5.74, 6) is -3.39. The van der Waals surface area contributed by atoms with E-state index in [0.717, 1.165) is 0 Å². The maximum absolute atomic E-state index is 11.5. The molecule has 33 heavy (non-hydrogen) atoms. The van der Waals surface area contributed by atoms with Gasteiger partial charge in [0, 0.05) is 19.8 Å². The van der Waals surface area contributed by atoms with Crippen molar-refractivity contribution < 1.29 is 54.2 Å². The van der Waals surface area contributed by atoms with Crippen molar-refractivity contribution in [3.8, 4) is 0 Å². The maximum Gasteiger partial charge on any atom is 0.303 e. The third-order valence-electron chi connectivity index (χ3n) is 4.42. The number of carbonyl (C=O) groups is 5. The molecule has 0 aromatic heterocycles. The molecule has 15 heteroatoms. The zero-order chi connectivity index (χ0) is 25.9. The van der Waals surface area contributed by atoms with E-state index in [4.69, 9.17) is 26.4 Å². The van der Waals surface area contributed by atoms with Crippen molar-refractivity contribution in [1.29, 1.82) is 0 Å². The molecule has 1 heterocycles. The highest BCUT2D eigenvalue weighted by Crippen LogP contribution is 2.19. The van der Waals surface area contributed by atoms with Gasteiger partial charge in [-0.3, -0.25) is 24.0 Å². The van der Waals surface area contributed by atoms with Crippen LogP contribution in [0.2, 0.25) is 0 Å². The molecule has 7 atom stereocenters. The molecule has 1 saturated heterocycles. The molecule has 0 aromatic rings. The molecule has 1 fully saturated rings. The summed E-state index contributed by atoms with van der Waals surface area (Å²) in [6.07, 6.45) is -5.83. The van der Waals surface area contributed by atoms with Gasteiger partial charge in [-0.05, 0) is 13.3 Å². The van der Waals surface area contributed by atoms with E-state index < -0.39 is 73.0 Å². The smallest absolute Gasteiger partial charge is 0.303 e. The normalized spacial score (nSPS) is 26.1. The Labute approximate surface area is 189 Å². The number of ketones is 1. The van der Waals surface area contributed by atoms with Crippen LogP contribution in [0, 0.1) is 0 Å². The molecule has 15 nitrogen and oxygen atoms in total. The van der Waals surface area contributed by atoms with E-state index in [9.17, 15) is 39.3 Å². The van der Waals surface area contributed by atoms with E-state index in [-0.39, 0.29) is 25.0 Å². The lowest BCUT2D eigenvalue weighted by Gasteiger charge is -2.40. The van der Waals surface area contributed by atoms with Gasteiger partial charge in [0.05, 0.1) is 12.6 Å². The van der Waals surface area contributed by atoms with E-state index in [0.29, 0.717) is 0 Å². The molecule has 0 radical (unpaired) electrons. The zero-order valence-corrected chi connectivity index (χ0v) is 18.2. The first-order chi connectivity index (χ1) is 15.2. The van der Waals surface area contributed by atoms with Crippen LogP contribution in [0.3, 0.4) is 0 Å². The fourth-order valence-electron chi connectivity index (χ4n) is 2.72. The quantitative estimate of drug-likeness (QED) is 0.142. The van der Waals surface area contributed by atoms with Gasteiger partial charge in [0.2, 0.25) is 17.7 Å². The third-order valence-corrected chi connectivity index (χ3v) is 4.42. The van der Waals surface area contributed by atoms with Crippen molar-refractivity contribution in [1.82, 2.24) is 10.6 Å². The lowest BCUT2D eigenvalue weighted by molar-refractivity contribution is -0.253. The number of Topliss-reactive ketones (excluding diaryl/α,β-unsaturated/α-hetero) is 1. The summed E-state index contributed by atoms with van der Waals surface area (Å²) in [5.41, 5.74) is 10.4. The second-order valence-electron chi connectivity index (χ2n) is 7.36. The Bertz CT molecular complexity index is 705. The Morgan fingerprint density at radius 3 is 2.06 bits per heavy atom. The SMILES string of the molecule is CC(=O)CC(N)C(=O)NC(CCC(=O)O)C(N)=O.CC(=O)N[C@H]1C(O)O[C@H](CO)[C@@H](O)[C@@H]1O. The van der Waals surface area contributed by atoms with E-state index >= 15 is 0 Å². The van der Waals surface area contributed by atoms with Crippen LogP contribution in [-0.4, -0.2) is 104 Å². The number of rotatable bonds is 10. The number of hydrogen-bond donors (Lipinski definition) is 9. The maximum atomic E-state index is 11.5. The number of amides is 3. The van der Waals surface area contributed by atoms with E-state index in [1.54, 1.807) is 0 Å². The summed E-state index contributed by atoms with van der Waals surface area (Å²) in [6.45, 7) is 1.97. The molecule has 0 aromatic carbocycles. The molecular weight excluding hydrogens is 448 g/mol. The van der Waals surface area contributed by atoms with Crippen molar-refractivity contribution in [2.24, 2.45) is 11.5 Å². The molecule has 0 saturated carbocycles. The van der Waals surface area contributed by atoms with Crippen molar-refractivity contribution in [3.05, 3.63) is 0 Å².